The van der Waals surface area contributed by atoms with E-state index in [-0.39, 0.29) is 5.41 Å². The van der Waals surface area contributed by atoms with Gasteiger partial charge < -0.3 is 9.84 Å². The van der Waals surface area contributed by atoms with Gasteiger partial charge in [-0.25, -0.2) is 0 Å². The molecule has 0 unspecified atom stereocenters. The van der Waals surface area contributed by atoms with Crippen molar-refractivity contribution in [3.05, 3.63) is 35.4 Å². The lowest BCUT2D eigenvalue weighted by Crippen LogP contribution is -2.56. The van der Waals surface area contributed by atoms with Crippen molar-refractivity contribution in [1.29, 1.82) is 0 Å². The highest BCUT2D eigenvalue weighted by molar-refractivity contribution is 5.81. The number of hydrogen-bond donors (Lipinski definition) is 1. The minimum Gasteiger partial charge on any atom is -0.481 e. The van der Waals surface area contributed by atoms with Crippen LogP contribution in [0.2, 0.25) is 0 Å². The minimum absolute atomic E-state index is 0.297. The van der Waals surface area contributed by atoms with E-state index in [2.05, 4.69) is 38.1 Å². The zero-order chi connectivity index (χ0) is 13.7. The van der Waals surface area contributed by atoms with Crippen molar-refractivity contribution in [2.75, 3.05) is 13.2 Å². The zero-order valence-corrected chi connectivity index (χ0v) is 11.5. The number of aliphatic carboxylic acids is 1. The number of rotatable bonds is 4. The van der Waals surface area contributed by atoms with Gasteiger partial charge in [-0.05, 0) is 29.9 Å². The Hall–Kier alpha value is -1.35. The molecule has 1 N–H and O–H groups in total. The fraction of sp³-hybridized carbons (Fsp3) is 0.562. The van der Waals surface area contributed by atoms with Crippen LogP contribution in [0.15, 0.2) is 24.3 Å². The Morgan fingerprint density at radius 2 is 1.79 bits per heavy atom. The summed E-state index contributed by atoms with van der Waals surface area (Å²) in [4.78, 5) is 11.6. The van der Waals surface area contributed by atoms with Crippen molar-refractivity contribution >= 4 is 5.97 Å². The Morgan fingerprint density at radius 1 is 1.21 bits per heavy atom. The molecule has 0 spiro atoms. The molecule has 0 atom stereocenters. The third-order valence-electron chi connectivity index (χ3n) is 4.90. The third kappa shape index (κ3) is 1.64. The van der Waals surface area contributed by atoms with Gasteiger partial charge in [0, 0.05) is 0 Å². The van der Waals surface area contributed by atoms with Gasteiger partial charge in [-0.15, -0.1) is 0 Å². The molecule has 1 heterocycles. The van der Waals surface area contributed by atoms with Gasteiger partial charge >= 0.3 is 5.97 Å². The highest BCUT2D eigenvalue weighted by Crippen LogP contribution is 2.62. The first-order chi connectivity index (χ1) is 9.02. The second-order valence-electron chi connectivity index (χ2n) is 6.24. The molecule has 1 aliphatic carbocycles. The summed E-state index contributed by atoms with van der Waals surface area (Å²) in [6.07, 6.45) is 1.55. The van der Waals surface area contributed by atoms with Crippen LogP contribution in [0.1, 0.15) is 43.7 Å². The molecular weight excluding hydrogens is 240 g/mol. The van der Waals surface area contributed by atoms with Crippen molar-refractivity contribution in [1.82, 2.24) is 0 Å². The van der Waals surface area contributed by atoms with Crippen molar-refractivity contribution in [2.24, 2.45) is 5.41 Å². The first-order valence-electron chi connectivity index (χ1n) is 6.93. The van der Waals surface area contributed by atoms with Gasteiger partial charge in [0.1, 0.15) is 0 Å². The smallest absolute Gasteiger partial charge is 0.310 e. The second kappa shape index (κ2) is 4.07. The number of carboxylic acids is 1. The maximum atomic E-state index is 11.6. The predicted octanol–water partition coefficient (Wildman–Crippen LogP) is 2.94. The SMILES string of the molecule is CC(C)c1ccc(C2(C3(C(=O)O)CC3)COC2)cc1. The summed E-state index contributed by atoms with van der Waals surface area (Å²) in [6.45, 7) is 5.41. The lowest BCUT2D eigenvalue weighted by atomic mass is 9.66. The monoisotopic (exact) mass is 260 g/mol. The summed E-state index contributed by atoms with van der Waals surface area (Å²) in [5.74, 6) is -0.166. The van der Waals surface area contributed by atoms with Crippen LogP contribution in [0.25, 0.3) is 0 Å². The van der Waals surface area contributed by atoms with Gasteiger partial charge in [-0.1, -0.05) is 38.1 Å². The van der Waals surface area contributed by atoms with E-state index >= 15 is 0 Å². The molecule has 1 saturated heterocycles. The molecule has 3 heteroatoms. The van der Waals surface area contributed by atoms with Gasteiger partial charge in [0.15, 0.2) is 0 Å². The third-order valence-corrected chi connectivity index (χ3v) is 4.90. The number of hydrogen-bond acceptors (Lipinski definition) is 2. The van der Waals surface area contributed by atoms with Crippen molar-refractivity contribution < 1.29 is 14.6 Å². The van der Waals surface area contributed by atoms with Crippen LogP contribution in [0.3, 0.4) is 0 Å². The summed E-state index contributed by atoms with van der Waals surface area (Å²) in [6, 6.07) is 8.44. The molecule has 1 saturated carbocycles. The largest absolute Gasteiger partial charge is 0.481 e. The minimum atomic E-state index is -0.663. The highest BCUT2D eigenvalue weighted by atomic mass is 16.5. The first kappa shape index (κ1) is 12.7. The van der Waals surface area contributed by atoms with Crippen LogP contribution in [-0.4, -0.2) is 24.3 Å². The van der Waals surface area contributed by atoms with Crippen molar-refractivity contribution in [3.63, 3.8) is 0 Å². The number of carbonyl (C=O) groups is 1. The summed E-state index contributed by atoms with van der Waals surface area (Å²) in [7, 11) is 0. The molecule has 1 aliphatic heterocycles. The van der Waals surface area contributed by atoms with Gasteiger partial charge in [-0.3, -0.25) is 4.79 Å². The average Bonchev–Trinajstić information content (AvgIpc) is 3.10. The molecule has 0 radical (unpaired) electrons. The maximum absolute atomic E-state index is 11.6. The summed E-state index contributed by atoms with van der Waals surface area (Å²) in [5, 5.41) is 9.55. The topological polar surface area (TPSA) is 46.5 Å². The standard InChI is InChI=1S/C16H20O3/c1-11(2)12-3-5-13(6-4-12)16(9-19-10-16)15(7-8-15)14(17)18/h3-6,11H,7-10H2,1-2H3,(H,17,18). The van der Waals surface area contributed by atoms with E-state index in [4.69, 9.17) is 4.74 Å². The first-order valence-corrected chi connectivity index (χ1v) is 6.93. The van der Waals surface area contributed by atoms with E-state index in [1.54, 1.807) is 0 Å². The molecule has 102 valence electrons. The summed E-state index contributed by atoms with van der Waals surface area (Å²) >= 11 is 0. The summed E-state index contributed by atoms with van der Waals surface area (Å²) < 4.78 is 5.38. The Bertz CT molecular complexity index is 493. The van der Waals surface area contributed by atoms with Crippen LogP contribution in [0.4, 0.5) is 0 Å². The van der Waals surface area contributed by atoms with Gasteiger partial charge in [-0.2, -0.15) is 0 Å². The summed E-state index contributed by atoms with van der Waals surface area (Å²) in [5.41, 5.74) is 1.54. The number of ether oxygens (including phenoxy) is 1. The van der Waals surface area contributed by atoms with Gasteiger partial charge in [0.25, 0.3) is 0 Å². The Morgan fingerprint density at radius 3 is 2.11 bits per heavy atom. The molecule has 3 nitrogen and oxygen atoms in total. The number of benzene rings is 1. The van der Waals surface area contributed by atoms with E-state index in [1.165, 1.54) is 5.56 Å². The molecule has 3 rings (SSSR count). The fourth-order valence-electron chi connectivity index (χ4n) is 3.23. The predicted molar refractivity (Wildman–Crippen MR) is 72.3 cm³/mol. The number of carboxylic acid groups (broad SMARTS) is 1. The molecule has 1 aromatic rings. The van der Waals surface area contributed by atoms with Crippen LogP contribution in [0, 0.1) is 5.41 Å². The van der Waals surface area contributed by atoms with E-state index in [0.29, 0.717) is 19.1 Å². The van der Waals surface area contributed by atoms with Gasteiger partial charge in [0.05, 0.1) is 24.0 Å². The van der Waals surface area contributed by atoms with E-state index in [1.807, 2.05) is 0 Å². The quantitative estimate of drug-likeness (QED) is 0.905. The fourth-order valence-corrected chi connectivity index (χ4v) is 3.23. The lowest BCUT2D eigenvalue weighted by molar-refractivity contribution is -0.161. The Balaban J connectivity index is 1.97. The molecular formula is C16H20O3. The van der Waals surface area contributed by atoms with E-state index in [9.17, 15) is 9.90 Å². The highest BCUT2D eigenvalue weighted by Gasteiger charge is 2.68. The van der Waals surface area contributed by atoms with Crippen LogP contribution in [-0.2, 0) is 14.9 Å². The Labute approximate surface area is 113 Å². The molecule has 0 aromatic heterocycles. The van der Waals surface area contributed by atoms with Crippen molar-refractivity contribution in [2.45, 2.75) is 38.0 Å². The maximum Gasteiger partial charge on any atom is 0.310 e. The van der Waals surface area contributed by atoms with Crippen LogP contribution in [0.5, 0.6) is 0 Å². The van der Waals surface area contributed by atoms with E-state index < -0.39 is 11.4 Å². The molecule has 0 bridgehead atoms. The average molecular weight is 260 g/mol. The van der Waals surface area contributed by atoms with Crippen LogP contribution < -0.4 is 0 Å². The van der Waals surface area contributed by atoms with E-state index in [0.717, 1.165) is 18.4 Å². The molecule has 0 amide bonds. The zero-order valence-electron chi connectivity index (χ0n) is 11.5. The molecule has 1 aromatic carbocycles. The van der Waals surface area contributed by atoms with Crippen LogP contribution >= 0.6 is 0 Å². The van der Waals surface area contributed by atoms with Gasteiger partial charge in [0.2, 0.25) is 0 Å². The lowest BCUT2D eigenvalue weighted by Gasteiger charge is -2.46. The molecule has 2 fully saturated rings. The molecule has 19 heavy (non-hydrogen) atoms. The van der Waals surface area contributed by atoms with Crippen molar-refractivity contribution in [3.8, 4) is 0 Å². The second-order valence-corrected chi connectivity index (χ2v) is 6.24. The Kier molecular flexibility index (Phi) is 2.72. The molecule has 2 aliphatic rings. The normalized spacial score (nSPS) is 22.9.